The molecule has 0 bridgehead atoms. The topological polar surface area (TPSA) is 79.1 Å². The molecule has 0 amide bonds. The van der Waals surface area contributed by atoms with E-state index in [4.69, 9.17) is 0 Å². The first kappa shape index (κ1) is 13.2. The average Bonchev–Trinajstić information content (AvgIpc) is 2.31. The zero-order valence-electron chi connectivity index (χ0n) is 9.36. The number of benzene rings is 2. The van der Waals surface area contributed by atoms with Gasteiger partial charge in [0, 0.05) is 0 Å². The van der Waals surface area contributed by atoms with Crippen molar-refractivity contribution in [3.05, 3.63) is 30.3 Å². The van der Waals surface area contributed by atoms with Crippen LogP contribution in [0.25, 0.3) is 10.8 Å². The molecule has 1 N–H and O–H groups in total. The fourth-order valence-electron chi connectivity index (χ4n) is 1.68. The molecule has 0 atom stereocenters. The van der Waals surface area contributed by atoms with Crippen molar-refractivity contribution in [2.75, 3.05) is 7.05 Å². The van der Waals surface area contributed by atoms with Crippen LogP contribution in [-0.4, -0.2) is 20.6 Å². The quantitative estimate of drug-likeness (QED) is 0.671. The summed E-state index contributed by atoms with van der Waals surface area (Å²) in [5.41, 5.74) is -0.0126. The van der Waals surface area contributed by atoms with Gasteiger partial charge in [-0.2, -0.15) is 0 Å². The van der Waals surface area contributed by atoms with E-state index in [0.29, 0.717) is 10.8 Å². The fourth-order valence-corrected chi connectivity index (χ4v) is 3.26. The molecule has 2 aromatic rings. The van der Waals surface area contributed by atoms with Crippen LogP contribution >= 0.6 is 0 Å². The van der Waals surface area contributed by atoms with E-state index in [2.05, 4.69) is 10.2 Å². The van der Waals surface area contributed by atoms with E-state index in [1.54, 1.807) is 24.3 Å². The van der Waals surface area contributed by atoms with Crippen LogP contribution in [-0.2, 0) is 26.1 Å². The van der Waals surface area contributed by atoms with Gasteiger partial charge < -0.3 is 0 Å². The van der Waals surface area contributed by atoms with Crippen LogP contribution in [0.1, 0.15) is 0 Å². The summed E-state index contributed by atoms with van der Waals surface area (Å²) in [6.45, 7) is 0. The second-order valence-corrected chi connectivity index (χ2v) is 8.13. The summed E-state index contributed by atoms with van der Waals surface area (Å²) in [5.74, 6) is -0.166. The number of hydrogen-bond donors (Lipinski definition) is 1. The number of nitrogens with zero attached hydrogens (tertiary/aromatic N) is 2. The van der Waals surface area contributed by atoms with E-state index in [-0.39, 0.29) is 16.3 Å². The minimum absolute atomic E-state index is 0.0126. The number of phenols is 1. The molecule has 0 aromatic heterocycles. The zero-order chi connectivity index (χ0) is 13.3. The Morgan fingerprint density at radius 1 is 1.28 bits per heavy atom. The Hall–Kier alpha value is -1.26. The second kappa shape index (κ2) is 4.78. The summed E-state index contributed by atoms with van der Waals surface area (Å²) in [6.07, 6.45) is 0. The first-order valence-corrected chi connectivity index (χ1v) is 8.82. The minimum atomic E-state index is -3.47. The normalized spacial score (nSPS) is 12.3. The summed E-state index contributed by atoms with van der Waals surface area (Å²) < 4.78 is 23.4. The molecule has 0 aliphatic rings. The maximum absolute atomic E-state index is 11.7. The number of hydrogen-bond acceptors (Lipinski definition) is 5. The molecule has 0 saturated heterocycles. The van der Waals surface area contributed by atoms with Crippen molar-refractivity contribution in [2.24, 2.45) is 10.2 Å². The summed E-state index contributed by atoms with van der Waals surface area (Å²) in [6, 6.07) is 8.46. The van der Waals surface area contributed by atoms with Crippen molar-refractivity contribution in [2.45, 2.75) is 4.90 Å². The predicted octanol–water partition coefficient (Wildman–Crippen LogP) is 2.49. The van der Waals surface area contributed by atoms with Crippen LogP contribution in [0.3, 0.4) is 0 Å². The Morgan fingerprint density at radius 3 is 2.56 bits per heavy atom. The third-order valence-electron chi connectivity index (χ3n) is 2.43. The van der Waals surface area contributed by atoms with Crippen LogP contribution in [0.2, 0.25) is 0 Å². The molecule has 2 aromatic carbocycles. The third-order valence-corrected chi connectivity index (χ3v) is 4.60. The van der Waals surface area contributed by atoms with E-state index in [9.17, 15) is 13.5 Å². The van der Waals surface area contributed by atoms with Crippen LogP contribution in [0.4, 0.5) is 5.69 Å². The Bertz CT molecular complexity index is 741. The molecular weight excluding hydrogens is 336 g/mol. The molecular formula is C11H9MoN2O3S. The van der Waals surface area contributed by atoms with Gasteiger partial charge in [0.2, 0.25) is 0 Å². The van der Waals surface area contributed by atoms with Crippen molar-refractivity contribution < 1.29 is 32.1 Å². The number of rotatable bonds is 2. The predicted molar refractivity (Wildman–Crippen MR) is 63.2 cm³/mol. The molecule has 0 heterocycles. The number of fused-ring (bicyclic) bond motifs is 1. The van der Waals surface area contributed by atoms with E-state index in [1.165, 1.54) is 13.1 Å². The van der Waals surface area contributed by atoms with Crippen LogP contribution < -0.4 is 0 Å². The van der Waals surface area contributed by atoms with Gasteiger partial charge in [-0.3, -0.25) is 0 Å². The first-order valence-electron chi connectivity index (χ1n) is 4.95. The van der Waals surface area contributed by atoms with Crippen LogP contribution in [0, 0.1) is 0 Å². The Morgan fingerprint density at radius 2 is 1.94 bits per heavy atom. The van der Waals surface area contributed by atoms with Gasteiger partial charge in [-0.15, -0.1) is 0 Å². The summed E-state index contributed by atoms with van der Waals surface area (Å²) in [4.78, 5) is -0.0194. The first-order chi connectivity index (χ1) is 8.45. The van der Waals surface area contributed by atoms with Gasteiger partial charge in [0.05, 0.1) is 0 Å². The van der Waals surface area contributed by atoms with Gasteiger partial charge in [-0.05, 0) is 0 Å². The molecule has 0 aliphatic carbocycles. The molecule has 0 spiro atoms. The van der Waals surface area contributed by atoms with E-state index in [1.807, 2.05) is 0 Å². The number of phenolic OH excluding ortho intramolecular Hbond substituents is 1. The van der Waals surface area contributed by atoms with Crippen molar-refractivity contribution >= 4 is 24.0 Å². The Balaban J connectivity index is 2.97. The van der Waals surface area contributed by atoms with Crippen molar-refractivity contribution in [1.82, 2.24) is 0 Å². The molecule has 7 heteroatoms. The number of aromatic hydroxyl groups is 1. The maximum atomic E-state index is 11.7. The number of azo groups is 1. The van der Waals surface area contributed by atoms with E-state index < -0.39 is 7.54 Å². The molecule has 0 aliphatic heterocycles. The van der Waals surface area contributed by atoms with Gasteiger partial charge in [0.1, 0.15) is 0 Å². The van der Waals surface area contributed by atoms with Crippen LogP contribution in [0.5, 0.6) is 5.75 Å². The van der Waals surface area contributed by atoms with Crippen LogP contribution in [0.15, 0.2) is 45.5 Å². The molecule has 0 saturated carbocycles. The van der Waals surface area contributed by atoms with Gasteiger partial charge >= 0.3 is 114 Å². The standard InChI is InChI=1S/C11H9N2O3S.Mo/c1-12-13-10-9(17(15)16)6-7-4-2-3-5-8(7)11(10)14;/h2-6,14H,1H3;/b13-12+;. The SMILES string of the molecule is C/N=N/c1c([S](=O)(=O)[Mo])cc2ccccc2c1O. The van der Waals surface area contributed by atoms with Gasteiger partial charge in [0.15, 0.2) is 0 Å². The van der Waals surface area contributed by atoms with Gasteiger partial charge in [0.25, 0.3) is 0 Å². The molecule has 2 rings (SSSR count). The molecule has 0 radical (unpaired) electrons. The molecule has 18 heavy (non-hydrogen) atoms. The van der Waals surface area contributed by atoms with Gasteiger partial charge in [-0.1, -0.05) is 0 Å². The summed E-state index contributed by atoms with van der Waals surface area (Å²) in [5, 5.41) is 18.6. The fraction of sp³-hybridized carbons (Fsp3) is 0.0909. The monoisotopic (exact) mass is 347 g/mol. The summed E-state index contributed by atoms with van der Waals surface area (Å²) >= 11 is 0.994. The summed E-state index contributed by atoms with van der Waals surface area (Å²) in [7, 11) is -2.06. The van der Waals surface area contributed by atoms with E-state index in [0.717, 1.165) is 18.5 Å². The average molecular weight is 345 g/mol. The molecule has 0 unspecified atom stereocenters. The van der Waals surface area contributed by atoms with Crippen molar-refractivity contribution in [3.8, 4) is 5.75 Å². The van der Waals surface area contributed by atoms with Crippen molar-refractivity contribution in [3.63, 3.8) is 0 Å². The van der Waals surface area contributed by atoms with Gasteiger partial charge in [-0.25, -0.2) is 0 Å². The van der Waals surface area contributed by atoms with E-state index >= 15 is 0 Å². The Labute approximate surface area is 114 Å². The molecule has 5 nitrogen and oxygen atoms in total. The second-order valence-electron chi connectivity index (χ2n) is 3.55. The van der Waals surface area contributed by atoms with Crippen molar-refractivity contribution in [1.29, 1.82) is 0 Å². The Kier molecular flexibility index (Phi) is 3.50. The molecule has 93 valence electrons. The molecule has 0 fully saturated rings. The zero-order valence-corrected chi connectivity index (χ0v) is 12.2. The third kappa shape index (κ3) is 2.31.